The van der Waals surface area contributed by atoms with Gasteiger partial charge in [0.1, 0.15) is 0 Å². The number of halogens is 1. The zero-order chi connectivity index (χ0) is 14.7. The molecule has 1 N–H and O–H groups in total. The maximum absolute atomic E-state index is 3.61. The third kappa shape index (κ3) is 3.76. The van der Waals surface area contributed by atoms with Crippen LogP contribution in [0, 0.1) is 5.92 Å². The lowest BCUT2D eigenvalue weighted by Gasteiger charge is -2.40. The molecular weight excluding hydrogens is 312 g/mol. The number of nitrogens with one attached hydrogen (secondary N) is 1. The van der Waals surface area contributed by atoms with Gasteiger partial charge in [0, 0.05) is 35.3 Å². The summed E-state index contributed by atoms with van der Waals surface area (Å²) >= 11 is 3.61. The van der Waals surface area contributed by atoms with Gasteiger partial charge >= 0.3 is 0 Å². The Balaban J connectivity index is 2.25. The second-order valence-electron chi connectivity index (χ2n) is 6.36. The maximum atomic E-state index is 3.61. The Morgan fingerprint density at radius 2 is 2.10 bits per heavy atom. The van der Waals surface area contributed by atoms with E-state index in [1.165, 1.54) is 35.1 Å². The van der Waals surface area contributed by atoms with Gasteiger partial charge in [0.05, 0.1) is 0 Å². The number of piperidine rings is 1. The van der Waals surface area contributed by atoms with Gasteiger partial charge in [-0.05, 0) is 49.4 Å². The van der Waals surface area contributed by atoms with Crippen LogP contribution in [-0.4, -0.2) is 18.6 Å². The minimum absolute atomic E-state index is 0.513. The molecule has 0 amide bonds. The second kappa shape index (κ2) is 6.95. The Kier molecular flexibility index (Phi) is 5.50. The van der Waals surface area contributed by atoms with Crippen LogP contribution in [-0.2, 0) is 6.54 Å². The fourth-order valence-electron chi connectivity index (χ4n) is 2.97. The van der Waals surface area contributed by atoms with E-state index in [2.05, 4.69) is 72.0 Å². The average Bonchev–Trinajstić information content (AvgIpc) is 2.40. The van der Waals surface area contributed by atoms with Gasteiger partial charge in [0.2, 0.25) is 0 Å². The van der Waals surface area contributed by atoms with Crippen LogP contribution in [0.2, 0.25) is 0 Å². The normalized spacial score (nSPS) is 23.4. The smallest absolute Gasteiger partial charge is 0.0415 e. The molecular formula is C17H27BrN2. The lowest BCUT2D eigenvalue weighted by Crippen LogP contribution is -2.43. The van der Waals surface area contributed by atoms with Crippen LogP contribution < -0.4 is 10.2 Å². The Hall–Kier alpha value is -0.540. The van der Waals surface area contributed by atoms with Crippen molar-refractivity contribution in [3.05, 3.63) is 28.2 Å². The van der Waals surface area contributed by atoms with Crippen LogP contribution >= 0.6 is 15.9 Å². The van der Waals surface area contributed by atoms with E-state index in [9.17, 15) is 0 Å². The summed E-state index contributed by atoms with van der Waals surface area (Å²) in [5.41, 5.74) is 2.80. The van der Waals surface area contributed by atoms with E-state index in [4.69, 9.17) is 0 Å². The summed E-state index contributed by atoms with van der Waals surface area (Å²) in [5.74, 6) is 0.776. The van der Waals surface area contributed by atoms with E-state index in [0.717, 1.165) is 12.5 Å². The quantitative estimate of drug-likeness (QED) is 0.864. The first-order valence-electron chi connectivity index (χ1n) is 7.77. The fourth-order valence-corrected chi connectivity index (χ4v) is 3.37. The molecule has 2 nitrogen and oxygen atoms in total. The molecule has 112 valence electrons. The summed E-state index contributed by atoms with van der Waals surface area (Å²) in [6, 6.07) is 7.84. The highest BCUT2D eigenvalue weighted by Crippen LogP contribution is 2.32. The Morgan fingerprint density at radius 3 is 2.80 bits per heavy atom. The number of anilines is 1. The molecule has 1 aliphatic rings. The van der Waals surface area contributed by atoms with Crippen molar-refractivity contribution in [2.45, 2.75) is 59.2 Å². The van der Waals surface area contributed by atoms with Gasteiger partial charge < -0.3 is 10.2 Å². The summed E-state index contributed by atoms with van der Waals surface area (Å²) in [6.07, 6.45) is 2.66. The predicted molar refractivity (Wildman–Crippen MR) is 91.3 cm³/mol. The molecule has 20 heavy (non-hydrogen) atoms. The fraction of sp³-hybridized carbons (Fsp3) is 0.647. The van der Waals surface area contributed by atoms with Crippen molar-refractivity contribution in [3.8, 4) is 0 Å². The number of rotatable bonds is 4. The first kappa shape index (κ1) is 15.8. The minimum atomic E-state index is 0.513. The van der Waals surface area contributed by atoms with Crippen molar-refractivity contribution in [1.29, 1.82) is 0 Å². The third-order valence-electron chi connectivity index (χ3n) is 4.43. The first-order valence-corrected chi connectivity index (χ1v) is 8.56. The molecule has 1 fully saturated rings. The van der Waals surface area contributed by atoms with Gasteiger partial charge in [-0.25, -0.2) is 0 Å². The molecule has 2 atom stereocenters. The van der Waals surface area contributed by atoms with Gasteiger partial charge in [0.15, 0.2) is 0 Å². The van der Waals surface area contributed by atoms with Crippen molar-refractivity contribution >= 4 is 21.6 Å². The summed E-state index contributed by atoms with van der Waals surface area (Å²) in [5, 5.41) is 3.55. The lowest BCUT2D eigenvalue weighted by atomic mass is 9.91. The van der Waals surface area contributed by atoms with Crippen molar-refractivity contribution < 1.29 is 0 Å². The first-order chi connectivity index (χ1) is 9.49. The topological polar surface area (TPSA) is 15.3 Å². The average molecular weight is 339 g/mol. The highest BCUT2D eigenvalue weighted by atomic mass is 79.9. The van der Waals surface area contributed by atoms with Crippen LogP contribution in [0.15, 0.2) is 22.7 Å². The molecule has 1 saturated heterocycles. The summed E-state index contributed by atoms with van der Waals surface area (Å²) in [7, 11) is 0. The second-order valence-corrected chi connectivity index (χ2v) is 7.28. The zero-order valence-electron chi connectivity index (χ0n) is 13.1. The Morgan fingerprint density at radius 1 is 1.35 bits per heavy atom. The monoisotopic (exact) mass is 338 g/mol. The molecule has 0 aliphatic carbocycles. The third-order valence-corrected chi connectivity index (χ3v) is 4.92. The number of benzene rings is 1. The van der Waals surface area contributed by atoms with Gasteiger partial charge in [-0.3, -0.25) is 0 Å². The van der Waals surface area contributed by atoms with E-state index in [1.54, 1.807) is 0 Å². The molecule has 0 bridgehead atoms. The molecule has 1 aromatic rings. The van der Waals surface area contributed by atoms with Crippen LogP contribution in [0.25, 0.3) is 0 Å². The van der Waals surface area contributed by atoms with Crippen LogP contribution in [0.5, 0.6) is 0 Å². The van der Waals surface area contributed by atoms with Crippen molar-refractivity contribution in [3.63, 3.8) is 0 Å². The number of nitrogens with zero attached hydrogens (tertiary/aromatic N) is 1. The molecule has 0 spiro atoms. The van der Waals surface area contributed by atoms with Crippen molar-refractivity contribution in [2.75, 3.05) is 11.4 Å². The summed E-state index contributed by atoms with van der Waals surface area (Å²) in [6.45, 7) is 11.3. The van der Waals surface area contributed by atoms with E-state index in [1.807, 2.05) is 0 Å². The maximum Gasteiger partial charge on any atom is 0.0415 e. The molecule has 2 unspecified atom stereocenters. The predicted octanol–water partition coefficient (Wildman–Crippen LogP) is 4.57. The Bertz CT molecular complexity index is 445. The van der Waals surface area contributed by atoms with Crippen LogP contribution in [0.1, 0.15) is 46.1 Å². The van der Waals surface area contributed by atoms with Crippen LogP contribution in [0.3, 0.4) is 0 Å². The van der Waals surface area contributed by atoms with Crippen LogP contribution in [0.4, 0.5) is 5.69 Å². The standard InChI is InChI=1S/C17H27BrN2/c1-12(2)19-11-15-10-16(18)7-8-17(15)20-9-5-6-13(3)14(20)4/h7-8,10,12-14,19H,5-6,9,11H2,1-4H3. The molecule has 1 aromatic carbocycles. The molecule has 1 heterocycles. The van der Waals surface area contributed by atoms with Gasteiger partial charge in [0.25, 0.3) is 0 Å². The largest absolute Gasteiger partial charge is 0.368 e. The number of hydrogen-bond acceptors (Lipinski definition) is 2. The zero-order valence-corrected chi connectivity index (χ0v) is 14.7. The SMILES string of the molecule is CC(C)NCc1cc(Br)ccc1N1CCCC(C)C1C. The number of hydrogen-bond donors (Lipinski definition) is 1. The molecule has 3 heteroatoms. The van der Waals surface area contributed by atoms with Crippen molar-refractivity contribution in [1.82, 2.24) is 5.32 Å². The van der Waals surface area contributed by atoms with E-state index < -0.39 is 0 Å². The molecule has 1 aliphatic heterocycles. The molecule has 0 aromatic heterocycles. The molecule has 0 radical (unpaired) electrons. The Labute approximate surface area is 132 Å². The van der Waals surface area contributed by atoms with Gasteiger partial charge in [-0.2, -0.15) is 0 Å². The molecule has 0 saturated carbocycles. The van der Waals surface area contributed by atoms with E-state index in [-0.39, 0.29) is 0 Å². The van der Waals surface area contributed by atoms with Gasteiger partial charge in [-0.15, -0.1) is 0 Å². The van der Waals surface area contributed by atoms with Crippen molar-refractivity contribution in [2.24, 2.45) is 5.92 Å². The van der Waals surface area contributed by atoms with E-state index in [0.29, 0.717) is 12.1 Å². The summed E-state index contributed by atoms with van der Waals surface area (Å²) in [4.78, 5) is 2.60. The van der Waals surface area contributed by atoms with E-state index >= 15 is 0 Å². The molecule has 2 rings (SSSR count). The lowest BCUT2D eigenvalue weighted by molar-refractivity contribution is 0.363. The highest BCUT2D eigenvalue weighted by Gasteiger charge is 2.26. The van der Waals surface area contributed by atoms with Gasteiger partial charge in [-0.1, -0.05) is 36.7 Å². The minimum Gasteiger partial charge on any atom is -0.368 e. The highest BCUT2D eigenvalue weighted by molar-refractivity contribution is 9.10. The summed E-state index contributed by atoms with van der Waals surface area (Å²) < 4.78 is 1.17.